The van der Waals surface area contributed by atoms with Crippen LogP contribution in [0.3, 0.4) is 0 Å². The Morgan fingerprint density at radius 2 is 1.94 bits per heavy atom. The van der Waals surface area contributed by atoms with E-state index in [1.54, 1.807) is 26.8 Å². The van der Waals surface area contributed by atoms with Crippen molar-refractivity contribution in [1.82, 2.24) is 9.97 Å². The lowest BCUT2D eigenvalue weighted by Gasteiger charge is -2.19. The van der Waals surface area contributed by atoms with E-state index in [1.807, 2.05) is 13.0 Å². The molecule has 1 aromatic carbocycles. The first kappa shape index (κ1) is 21.6. The molecule has 0 aliphatic rings. The number of pyridine rings is 1. The number of nitrogens with zero attached hydrogens (tertiary/aromatic N) is 2. The maximum atomic E-state index is 13.1. The number of aromatic nitrogens is 2. The fraction of sp³-hybridized carbons (Fsp3) is 0.217. The molecule has 1 amide bonds. The molecule has 4 aromatic rings. The van der Waals surface area contributed by atoms with E-state index in [-0.39, 0.29) is 22.0 Å². The van der Waals surface area contributed by atoms with E-state index in [1.165, 1.54) is 18.3 Å². The Hall–Kier alpha value is -3.65. The average molecular weight is 454 g/mol. The Morgan fingerprint density at radius 1 is 1.19 bits per heavy atom. The average Bonchev–Trinajstić information content (AvgIpc) is 3.17. The Balaban J connectivity index is 1.88. The summed E-state index contributed by atoms with van der Waals surface area (Å²) < 4.78 is 17.8. The van der Waals surface area contributed by atoms with E-state index in [0.717, 1.165) is 5.56 Å². The van der Waals surface area contributed by atoms with Gasteiger partial charge < -0.3 is 19.3 Å². The second kappa shape index (κ2) is 8.12. The number of oxazole rings is 1. The van der Waals surface area contributed by atoms with Gasteiger partial charge in [-0.25, -0.2) is 9.97 Å². The lowest BCUT2D eigenvalue weighted by Crippen LogP contribution is -2.17. The zero-order chi connectivity index (χ0) is 23.2. The molecule has 164 valence electrons. The molecule has 0 fully saturated rings. The number of nitrogens with two attached hydrogens (primary N) is 1. The molecule has 0 aliphatic heterocycles. The molecule has 3 heterocycles. The summed E-state index contributed by atoms with van der Waals surface area (Å²) in [7, 11) is 0. The minimum atomic E-state index is -0.770. The number of fused-ring (bicyclic) bond motifs is 1. The molecule has 0 saturated heterocycles. The van der Waals surface area contributed by atoms with Gasteiger partial charge in [0.05, 0.1) is 11.6 Å². The number of aryl methyl sites for hydroxylation is 2. The van der Waals surface area contributed by atoms with E-state index in [4.69, 9.17) is 30.9 Å². The summed E-state index contributed by atoms with van der Waals surface area (Å²) in [4.78, 5) is 33.0. The van der Waals surface area contributed by atoms with Crippen LogP contribution in [0.5, 0.6) is 5.75 Å². The van der Waals surface area contributed by atoms with Crippen LogP contribution in [-0.2, 0) is 0 Å². The molecule has 2 N–H and O–H groups in total. The fourth-order valence-electron chi connectivity index (χ4n) is 3.52. The van der Waals surface area contributed by atoms with Crippen LogP contribution < -0.4 is 15.9 Å². The third-order valence-corrected chi connectivity index (χ3v) is 5.25. The number of amides is 1. The second-order valence-electron chi connectivity index (χ2n) is 7.46. The number of hydrogen-bond acceptors (Lipinski definition) is 7. The summed E-state index contributed by atoms with van der Waals surface area (Å²) in [5.74, 6) is 0.513. The van der Waals surface area contributed by atoms with E-state index < -0.39 is 12.0 Å². The van der Waals surface area contributed by atoms with Crippen molar-refractivity contribution in [3.63, 3.8) is 0 Å². The molecule has 1 atom stereocenters. The lowest BCUT2D eigenvalue weighted by atomic mass is 10.0. The Kier molecular flexibility index (Phi) is 5.48. The van der Waals surface area contributed by atoms with Gasteiger partial charge in [-0.15, -0.1) is 0 Å². The molecule has 0 spiro atoms. The Morgan fingerprint density at radius 3 is 2.59 bits per heavy atom. The highest BCUT2D eigenvalue weighted by atomic mass is 35.5. The SMILES string of the molecule is Cc1cc(C(C)Oc2ccc(Cl)nc2C(N)=O)c2oc(-c3cnc(C)o3)c(C)c(=O)c2c1. The van der Waals surface area contributed by atoms with Gasteiger partial charge in [0.2, 0.25) is 0 Å². The first-order valence-corrected chi connectivity index (χ1v) is 10.2. The van der Waals surface area contributed by atoms with Crippen molar-refractivity contribution in [2.75, 3.05) is 0 Å². The van der Waals surface area contributed by atoms with Gasteiger partial charge in [-0.05, 0) is 50.6 Å². The summed E-state index contributed by atoms with van der Waals surface area (Å²) in [6, 6.07) is 6.64. The third kappa shape index (κ3) is 3.85. The number of carbonyl (C=O) groups excluding carboxylic acids is 1. The maximum absolute atomic E-state index is 13.1. The predicted molar refractivity (Wildman–Crippen MR) is 119 cm³/mol. The largest absolute Gasteiger partial charge is 0.483 e. The van der Waals surface area contributed by atoms with Crippen LogP contribution in [0.4, 0.5) is 0 Å². The number of hydrogen-bond donors (Lipinski definition) is 1. The zero-order valence-electron chi connectivity index (χ0n) is 17.9. The van der Waals surface area contributed by atoms with E-state index >= 15 is 0 Å². The van der Waals surface area contributed by atoms with Gasteiger partial charge in [-0.2, -0.15) is 0 Å². The molecule has 8 nitrogen and oxygen atoms in total. The molecule has 3 aromatic heterocycles. The molecule has 32 heavy (non-hydrogen) atoms. The van der Waals surface area contributed by atoms with Crippen LogP contribution in [0.2, 0.25) is 5.15 Å². The first-order valence-electron chi connectivity index (χ1n) is 9.79. The molecular formula is C23H20ClN3O5. The predicted octanol–water partition coefficient (Wildman–Crippen LogP) is 4.66. The molecule has 0 aliphatic carbocycles. The van der Waals surface area contributed by atoms with Gasteiger partial charge in [0.15, 0.2) is 34.3 Å². The van der Waals surface area contributed by atoms with E-state index in [0.29, 0.717) is 39.5 Å². The standard InChI is InChI=1S/C23H20ClN3O5/c1-10-7-14(12(3)30-16-5-6-18(24)27-19(16)23(25)29)22-15(8-10)20(28)11(2)21(32-22)17-9-26-13(4)31-17/h5-9,12H,1-4H3,(H2,25,29). The maximum Gasteiger partial charge on any atom is 0.271 e. The smallest absolute Gasteiger partial charge is 0.271 e. The molecule has 0 bridgehead atoms. The minimum Gasteiger partial charge on any atom is -0.483 e. The molecule has 0 radical (unpaired) electrons. The number of rotatable bonds is 5. The zero-order valence-corrected chi connectivity index (χ0v) is 18.6. The van der Waals surface area contributed by atoms with Crippen LogP contribution in [0.1, 0.15) is 46.1 Å². The van der Waals surface area contributed by atoms with Crippen LogP contribution in [-0.4, -0.2) is 15.9 Å². The molecule has 0 saturated carbocycles. The Bertz CT molecular complexity index is 1420. The number of carbonyl (C=O) groups is 1. The summed E-state index contributed by atoms with van der Waals surface area (Å²) in [5.41, 5.74) is 7.38. The van der Waals surface area contributed by atoms with Gasteiger partial charge in [-0.1, -0.05) is 11.6 Å². The monoisotopic (exact) mass is 453 g/mol. The topological polar surface area (TPSA) is 121 Å². The normalized spacial score (nSPS) is 12.2. The van der Waals surface area contributed by atoms with Gasteiger partial charge in [0.25, 0.3) is 5.91 Å². The van der Waals surface area contributed by atoms with Crippen LogP contribution in [0.25, 0.3) is 22.5 Å². The molecule has 4 rings (SSSR count). The summed E-state index contributed by atoms with van der Waals surface area (Å²) in [6.07, 6.45) is 0.896. The highest BCUT2D eigenvalue weighted by molar-refractivity contribution is 6.29. The van der Waals surface area contributed by atoms with Crippen molar-refractivity contribution in [3.8, 4) is 17.3 Å². The van der Waals surface area contributed by atoms with Crippen molar-refractivity contribution in [2.24, 2.45) is 5.73 Å². The van der Waals surface area contributed by atoms with Gasteiger partial charge in [0.1, 0.15) is 16.8 Å². The minimum absolute atomic E-state index is 0.0866. The van der Waals surface area contributed by atoms with Crippen molar-refractivity contribution in [1.29, 1.82) is 0 Å². The highest BCUT2D eigenvalue weighted by Gasteiger charge is 2.23. The van der Waals surface area contributed by atoms with Crippen LogP contribution in [0, 0.1) is 20.8 Å². The Labute approximate surface area is 188 Å². The number of benzene rings is 1. The van der Waals surface area contributed by atoms with Gasteiger partial charge >= 0.3 is 0 Å². The second-order valence-corrected chi connectivity index (χ2v) is 7.85. The third-order valence-electron chi connectivity index (χ3n) is 5.04. The van der Waals surface area contributed by atoms with Gasteiger partial charge in [0, 0.05) is 18.1 Å². The molecule has 9 heteroatoms. The van der Waals surface area contributed by atoms with Gasteiger partial charge in [-0.3, -0.25) is 9.59 Å². The number of primary amides is 1. The van der Waals surface area contributed by atoms with Crippen molar-refractivity contribution >= 4 is 28.5 Å². The quantitative estimate of drug-likeness (QED) is 0.436. The number of halogens is 1. The van der Waals surface area contributed by atoms with Crippen molar-refractivity contribution in [2.45, 2.75) is 33.8 Å². The highest BCUT2D eigenvalue weighted by Crippen LogP contribution is 2.33. The van der Waals surface area contributed by atoms with Crippen molar-refractivity contribution < 1.29 is 18.4 Å². The van der Waals surface area contributed by atoms with Crippen molar-refractivity contribution in [3.05, 3.63) is 74.1 Å². The summed E-state index contributed by atoms with van der Waals surface area (Å²) in [6.45, 7) is 7.03. The molecule has 1 unspecified atom stereocenters. The molecular weight excluding hydrogens is 434 g/mol. The first-order chi connectivity index (χ1) is 15.2. The summed E-state index contributed by atoms with van der Waals surface area (Å²) in [5, 5.41) is 0.533. The van der Waals surface area contributed by atoms with Crippen LogP contribution >= 0.6 is 11.6 Å². The summed E-state index contributed by atoms with van der Waals surface area (Å²) >= 11 is 5.88. The van der Waals surface area contributed by atoms with E-state index in [9.17, 15) is 9.59 Å². The lowest BCUT2D eigenvalue weighted by molar-refractivity contribution is 0.0988. The fourth-order valence-corrected chi connectivity index (χ4v) is 3.67. The number of ether oxygens (including phenoxy) is 1. The van der Waals surface area contributed by atoms with E-state index in [2.05, 4.69) is 9.97 Å². The van der Waals surface area contributed by atoms with Crippen LogP contribution in [0.15, 0.2) is 44.1 Å².